The van der Waals surface area contributed by atoms with Gasteiger partial charge in [-0.2, -0.15) is 18.2 Å². The Labute approximate surface area is 113 Å². The molecule has 0 saturated carbocycles. The van der Waals surface area contributed by atoms with Crippen LogP contribution in [0.25, 0.3) is 0 Å². The van der Waals surface area contributed by atoms with Gasteiger partial charge in [-0.3, -0.25) is 0 Å². The molecule has 2 heterocycles. The molecule has 1 atom stereocenters. The van der Waals surface area contributed by atoms with E-state index in [0.29, 0.717) is 0 Å². The Morgan fingerprint density at radius 2 is 2.05 bits per heavy atom. The minimum atomic E-state index is -4.63. The maximum atomic E-state index is 12.7. The number of sulfone groups is 1. The number of halogens is 3. The van der Waals surface area contributed by atoms with Crippen molar-refractivity contribution < 1.29 is 21.6 Å². The molecule has 0 aromatic carbocycles. The highest BCUT2D eigenvalue weighted by molar-refractivity contribution is 7.91. The summed E-state index contributed by atoms with van der Waals surface area (Å²) >= 11 is 0. The van der Waals surface area contributed by atoms with E-state index in [-0.39, 0.29) is 23.9 Å². The summed E-state index contributed by atoms with van der Waals surface area (Å²) in [6.07, 6.45) is -4.63. The van der Waals surface area contributed by atoms with Crippen LogP contribution in [0.3, 0.4) is 0 Å². The SMILES string of the molecule is CC1CS(=O)(=O)CCN1c1cc(C(F)(F)F)nc(N)n1. The van der Waals surface area contributed by atoms with Crippen LogP contribution < -0.4 is 10.6 Å². The van der Waals surface area contributed by atoms with Crippen molar-refractivity contribution in [1.82, 2.24) is 9.97 Å². The van der Waals surface area contributed by atoms with E-state index in [4.69, 9.17) is 5.73 Å². The second-order valence-electron chi connectivity index (χ2n) is 4.62. The number of hydrogen-bond acceptors (Lipinski definition) is 6. The number of nitrogens with zero attached hydrogens (tertiary/aromatic N) is 3. The van der Waals surface area contributed by atoms with E-state index >= 15 is 0 Å². The largest absolute Gasteiger partial charge is 0.433 e. The van der Waals surface area contributed by atoms with Gasteiger partial charge in [0.25, 0.3) is 0 Å². The average Bonchev–Trinajstić information content (AvgIpc) is 2.25. The number of aromatic nitrogens is 2. The van der Waals surface area contributed by atoms with Crippen LogP contribution >= 0.6 is 0 Å². The molecule has 0 aliphatic carbocycles. The van der Waals surface area contributed by atoms with Crippen LogP contribution in [0.15, 0.2) is 6.07 Å². The number of hydrogen-bond donors (Lipinski definition) is 1. The minimum Gasteiger partial charge on any atom is -0.368 e. The second kappa shape index (κ2) is 4.76. The van der Waals surface area contributed by atoms with Gasteiger partial charge in [-0.05, 0) is 6.92 Å². The molecule has 112 valence electrons. The van der Waals surface area contributed by atoms with Crippen LogP contribution in [0.2, 0.25) is 0 Å². The summed E-state index contributed by atoms with van der Waals surface area (Å²) in [5.74, 6) is -0.747. The summed E-state index contributed by atoms with van der Waals surface area (Å²) in [6.45, 7) is 1.69. The zero-order valence-corrected chi connectivity index (χ0v) is 11.4. The lowest BCUT2D eigenvalue weighted by Gasteiger charge is -2.34. The molecular formula is C10H13F3N4O2S. The zero-order valence-electron chi connectivity index (χ0n) is 10.6. The van der Waals surface area contributed by atoms with Gasteiger partial charge in [0.2, 0.25) is 5.95 Å². The van der Waals surface area contributed by atoms with Gasteiger partial charge in [-0.1, -0.05) is 0 Å². The van der Waals surface area contributed by atoms with Crippen LogP contribution in [-0.4, -0.2) is 42.5 Å². The van der Waals surface area contributed by atoms with Gasteiger partial charge in [0.15, 0.2) is 15.5 Å². The molecule has 2 N–H and O–H groups in total. The van der Waals surface area contributed by atoms with Crippen LogP contribution in [0.5, 0.6) is 0 Å². The van der Waals surface area contributed by atoms with E-state index in [9.17, 15) is 21.6 Å². The van der Waals surface area contributed by atoms with Crippen LogP contribution in [0.1, 0.15) is 12.6 Å². The van der Waals surface area contributed by atoms with Crippen LogP contribution in [0.4, 0.5) is 24.9 Å². The molecule has 1 aliphatic heterocycles. The number of alkyl halides is 3. The van der Waals surface area contributed by atoms with E-state index in [1.54, 1.807) is 6.92 Å². The Kier molecular flexibility index (Phi) is 3.53. The fraction of sp³-hybridized carbons (Fsp3) is 0.600. The zero-order chi connectivity index (χ0) is 15.1. The Bertz CT molecular complexity index is 617. The number of nitrogen functional groups attached to an aromatic ring is 1. The monoisotopic (exact) mass is 310 g/mol. The van der Waals surface area contributed by atoms with Gasteiger partial charge < -0.3 is 10.6 Å². The summed E-state index contributed by atoms with van der Waals surface area (Å²) in [6, 6.07) is 0.314. The number of anilines is 2. The summed E-state index contributed by atoms with van der Waals surface area (Å²) in [7, 11) is -3.16. The van der Waals surface area contributed by atoms with Gasteiger partial charge in [-0.25, -0.2) is 13.4 Å². The molecule has 10 heteroatoms. The number of rotatable bonds is 1. The van der Waals surface area contributed by atoms with Crippen molar-refractivity contribution in [3.8, 4) is 0 Å². The highest BCUT2D eigenvalue weighted by Crippen LogP contribution is 2.31. The highest BCUT2D eigenvalue weighted by atomic mass is 32.2. The third-order valence-electron chi connectivity index (χ3n) is 2.99. The quantitative estimate of drug-likeness (QED) is 0.821. The van der Waals surface area contributed by atoms with E-state index in [1.165, 1.54) is 4.90 Å². The average molecular weight is 310 g/mol. The van der Waals surface area contributed by atoms with E-state index in [0.717, 1.165) is 6.07 Å². The molecule has 2 rings (SSSR count). The predicted molar refractivity (Wildman–Crippen MR) is 66.9 cm³/mol. The van der Waals surface area contributed by atoms with Crippen molar-refractivity contribution in [2.45, 2.75) is 19.1 Å². The topological polar surface area (TPSA) is 89.2 Å². The Hall–Kier alpha value is -1.58. The van der Waals surface area contributed by atoms with Crippen molar-refractivity contribution in [1.29, 1.82) is 0 Å². The van der Waals surface area contributed by atoms with Crippen LogP contribution in [-0.2, 0) is 16.0 Å². The summed E-state index contributed by atoms with van der Waals surface area (Å²) in [4.78, 5) is 8.41. The second-order valence-corrected chi connectivity index (χ2v) is 6.85. The molecule has 0 amide bonds. The summed E-state index contributed by atoms with van der Waals surface area (Å²) in [5, 5.41) is 0. The lowest BCUT2D eigenvalue weighted by Crippen LogP contribution is -2.47. The molecule has 0 radical (unpaired) electrons. The molecule has 1 unspecified atom stereocenters. The lowest BCUT2D eigenvalue weighted by molar-refractivity contribution is -0.141. The van der Waals surface area contributed by atoms with Crippen molar-refractivity contribution in [2.75, 3.05) is 28.7 Å². The first-order chi connectivity index (χ1) is 9.08. The van der Waals surface area contributed by atoms with Gasteiger partial charge in [0.1, 0.15) is 5.82 Å². The molecule has 1 fully saturated rings. The Balaban J connectivity index is 2.36. The summed E-state index contributed by atoms with van der Waals surface area (Å²) in [5.41, 5.74) is 4.16. The maximum Gasteiger partial charge on any atom is 0.433 e. The Morgan fingerprint density at radius 1 is 1.40 bits per heavy atom. The lowest BCUT2D eigenvalue weighted by atomic mass is 10.3. The molecule has 6 nitrogen and oxygen atoms in total. The van der Waals surface area contributed by atoms with E-state index in [1.807, 2.05) is 0 Å². The van der Waals surface area contributed by atoms with Gasteiger partial charge in [0.05, 0.1) is 11.5 Å². The first-order valence-electron chi connectivity index (χ1n) is 5.77. The van der Waals surface area contributed by atoms with Gasteiger partial charge >= 0.3 is 6.18 Å². The minimum absolute atomic E-state index is 0.00720. The van der Waals surface area contributed by atoms with Crippen LogP contribution in [0, 0.1) is 0 Å². The molecule has 0 spiro atoms. The molecule has 20 heavy (non-hydrogen) atoms. The molecular weight excluding hydrogens is 297 g/mol. The molecule has 1 aliphatic rings. The first kappa shape index (κ1) is 14.8. The van der Waals surface area contributed by atoms with Crippen molar-refractivity contribution in [3.63, 3.8) is 0 Å². The first-order valence-corrected chi connectivity index (χ1v) is 7.59. The Morgan fingerprint density at radius 3 is 2.60 bits per heavy atom. The van der Waals surface area contributed by atoms with E-state index < -0.39 is 33.7 Å². The normalized spacial score (nSPS) is 22.8. The summed E-state index contributed by atoms with van der Waals surface area (Å²) < 4.78 is 61.0. The van der Waals surface area contributed by atoms with Gasteiger partial charge in [0, 0.05) is 18.7 Å². The molecule has 1 aromatic rings. The van der Waals surface area contributed by atoms with Crippen molar-refractivity contribution in [3.05, 3.63) is 11.8 Å². The fourth-order valence-corrected chi connectivity index (χ4v) is 3.64. The molecule has 1 saturated heterocycles. The maximum absolute atomic E-state index is 12.7. The predicted octanol–water partition coefficient (Wildman–Crippen LogP) is 0.701. The smallest absolute Gasteiger partial charge is 0.368 e. The van der Waals surface area contributed by atoms with Crippen molar-refractivity contribution >= 4 is 21.6 Å². The number of nitrogens with two attached hydrogens (primary N) is 1. The standard InChI is InChI=1S/C10H13F3N4O2S/c1-6-5-20(18,19)3-2-17(6)8-4-7(10(11,12)13)15-9(14)16-8/h4,6H,2-3,5H2,1H3,(H2,14,15,16). The van der Waals surface area contributed by atoms with E-state index in [2.05, 4.69) is 9.97 Å². The highest BCUT2D eigenvalue weighted by Gasteiger charge is 2.35. The third kappa shape index (κ3) is 3.11. The molecule has 0 bridgehead atoms. The third-order valence-corrected chi connectivity index (χ3v) is 4.78. The fourth-order valence-electron chi connectivity index (χ4n) is 2.08. The van der Waals surface area contributed by atoms with Gasteiger partial charge in [-0.15, -0.1) is 0 Å². The van der Waals surface area contributed by atoms with Crippen molar-refractivity contribution in [2.24, 2.45) is 0 Å². The molecule has 1 aromatic heterocycles.